The van der Waals surface area contributed by atoms with Gasteiger partial charge in [-0.05, 0) is 37.6 Å². The van der Waals surface area contributed by atoms with Gasteiger partial charge in [0.1, 0.15) is 0 Å². The molecule has 3 rings (SSSR count). The zero-order chi connectivity index (χ0) is 16.8. The molecular formula is C18H29IN4O2. The molecule has 0 aliphatic carbocycles. The molecule has 1 saturated heterocycles. The van der Waals surface area contributed by atoms with Gasteiger partial charge < -0.3 is 25.0 Å². The molecule has 1 aromatic carbocycles. The monoisotopic (exact) mass is 460 g/mol. The molecule has 1 aromatic rings. The summed E-state index contributed by atoms with van der Waals surface area (Å²) in [5.74, 6) is 3.08. The third-order valence-corrected chi connectivity index (χ3v) is 4.61. The van der Waals surface area contributed by atoms with E-state index in [2.05, 4.69) is 27.4 Å². The molecule has 2 N–H and O–H groups in total. The smallest absolute Gasteiger partial charge is 0.195 e. The van der Waals surface area contributed by atoms with E-state index in [0.717, 1.165) is 42.7 Å². The lowest BCUT2D eigenvalue weighted by molar-refractivity contribution is 0.297. The number of rotatable bonds is 4. The van der Waals surface area contributed by atoms with E-state index in [0.29, 0.717) is 19.1 Å². The van der Waals surface area contributed by atoms with E-state index in [4.69, 9.17) is 9.47 Å². The van der Waals surface area contributed by atoms with Gasteiger partial charge >= 0.3 is 0 Å². The van der Waals surface area contributed by atoms with Gasteiger partial charge in [0.2, 0.25) is 0 Å². The second kappa shape index (κ2) is 10.1. The maximum Gasteiger partial charge on any atom is 0.195 e. The van der Waals surface area contributed by atoms with E-state index in [-0.39, 0.29) is 24.0 Å². The summed E-state index contributed by atoms with van der Waals surface area (Å²) in [4.78, 5) is 6.82. The molecule has 7 heteroatoms. The van der Waals surface area contributed by atoms with Crippen LogP contribution in [0.1, 0.15) is 19.8 Å². The molecule has 140 valence electrons. The summed E-state index contributed by atoms with van der Waals surface area (Å²) >= 11 is 0. The van der Waals surface area contributed by atoms with Crippen molar-refractivity contribution in [2.24, 2.45) is 10.9 Å². The number of nitrogens with zero attached hydrogens (tertiary/aromatic N) is 2. The summed E-state index contributed by atoms with van der Waals surface area (Å²) < 4.78 is 11.4. The number of hydrogen-bond acceptors (Lipinski definition) is 4. The zero-order valence-corrected chi connectivity index (χ0v) is 17.4. The molecule has 0 bridgehead atoms. The summed E-state index contributed by atoms with van der Waals surface area (Å²) in [7, 11) is 1.80. The van der Waals surface area contributed by atoms with Crippen LogP contribution >= 0.6 is 24.0 Å². The first kappa shape index (κ1) is 20.1. The highest BCUT2D eigenvalue weighted by Crippen LogP contribution is 2.32. The summed E-state index contributed by atoms with van der Waals surface area (Å²) in [6, 6.07) is 5.92. The van der Waals surface area contributed by atoms with E-state index in [1.807, 2.05) is 18.2 Å². The second-order valence-electron chi connectivity index (χ2n) is 6.34. The number of fused-ring (bicyclic) bond motifs is 1. The molecule has 1 atom stereocenters. The molecule has 1 unspecified atom stereocenters. The van der Waals surface area contributed by atoms with Gasteiger partial charge in [-0.1, -0.05) is 6.92 Å². The molecule has 0 amide bonds. The van der Waals surface area contributed by atoms with Crippen molar-refractivity contribution in [3.05, 3.63) is 18.2 Å². The fraction of sp³-hybridized carbons (Fsp3) is 0.611. The van der Waals surface area contributed by atoms with E-state index in [9.17, 15) is 0 Å². The quantitative estimate of drug-likeness (QED) is 0.411. The molecule has 2 heterocycles. The Balaban J connectivity index is 0.00000225. The third kappa shape index (κ3) is 5.64. The van der Waals surface area contributed by atoms with Gasteiger partial charge in [-0.2, -0.15) is 0 Å². The summed E-state index contributed by atoms with van der Waals surface area (Å²) in [5.41, 5.74) is 0.953. The molecule has 25 heavy (non-hydrogen) atoms. The standard InChI is InChI=1S/C18H28N4O2.HI/c1-3-22-8-7-14(13-22)12-20-18(19-2)21-15-5-6-16-17(11-15)24-10-4-9-23-16;/h5-6,11,14H,3-4,7-10,12-13H2,1-2H3,(H2,19,20,21);1H. The number of hydrogen-bond donors (Lipinski definition) is 2. The number of benzene rings is 1. The number of aliphatic imine (C=N–C) groups is 1. The fourth-order valence-electron chi connectivity index (χ4n) is 3.16. The SMILES string of the molecule is CCN1CCC(CNC(=NC)Nc2ccc3c(c2)OCCCO3)C1.I. The van der Waals surface area contributed by atoms with Crippen LogP contribution in [-0.2, 0) is 0 Å². The lowest BCUT2D eigenvalue weighted by atomic mass is 10.1. The van der Waals surface area contributed by atoms with E-state index >= 15 is 0 Å². The van der Waals surface area contributed by atoms with Crippen LogP contribution in [0.15, 0.2) is 23.2 Å². The van der Waals surface area contributed by atoms with Crippen molar-refractivity contribution in [3.8, 4) is 11.5 Å². The highest BCUT2D eigenvalue weighted by atomic mass is 127. The molecule has 1 fully saturated rings. The lowest BCUT2D eigenvalue weighted by Crippen LogP contribution is -2.35. The first-order valence-corrected chi connectivity index (χ1v) is 8.88. The van der Waals surface area contributed by atoms with Crippen molar-refractivity contribution in [2.45, 2.75) is 19.8 Å². The predicted octanol–water partition coefficient (Wildman–Crippen LogP) is 2.80. The number of likely N-dealkylation sites (tertiary alicyclic amines) is 1. The van der Waals surface area contributed by atoms with Gasteiger partial charge in [-0.25, -0.2) is 0 Å². The Morgan fingerprint density at radius 1 is 1.28 bits per heavy atom. The molecule has 2 aliphatic heterocycles. The van der Waals surface area contributed by atoms with E-state index in [1.54, 1.807) is 7.05 Å². The maximum absolute atomic E-state index is 5.74. The van der Waals surface area contributed by atoms with Gasteiger partial charge in [-0.15, -0.1) is 24.0 Å². The fourth-order valence-corrected chi connectivity index (χ4v) is 3.16. The molecular weight excluding hydrogens is 431 g/mol. The lowest BCUT2D eigenvalue weighted by Gasteiger charge is -2.17. The van der Waals surface area contributed by atoms with Gasteiger partial charge in [0.15, 0.2) is 17.5 Å². The van der Waals surface area contributed by atoms with Gasteiger partial charge in [-0.3, -0.25) is 4.99 Å². The van der Waals surface area contributed by atoms with Crippen LogP contribution in [0.4, 0.5) is 5.69 Å². The van der Waals surface area contributed by atoms with Crippen molar-refractivity contribution in [1.29, 1.82) is 0 Å². The summed E-state index contributed by atoms with van der Waals surface area (Å²) in [6.07, 6.45) is 2.17. The number of nitrogens with one attached hydrogen (secondary N) is 2. The van der Waals surface area contributed by atoms with Crippen LogP contribution < -0.4 is 20.1 Å². The first-order chi connectivity index (χ1) is 11.8. The highest BCUT2D eigenvalue weighted by Gasteiger charge is 2.21. The van der Waals surface area contributed by atoms with Crippen LogP contribution in [0.5, 0.6) is 11.5 Å². The highest BCUT2D eigenvalue weighted by molar-refractivity contribution is 14.0. The van der Waals surface area contributed by atoms with Crippen LogP contribution in [0.2, 0.25) is 0 Å². The van der Waals surface area contributed by atoms with Crippen molar-refractivity contribution in [3.63, 3.8) is 0 Å². The summed E-state index contributed by atoms with van der Waals surface area (Å²) in [6.45, 7) is 8.08. The Kier molecular flexibility index (Phi) is 8.08. The van der Waals surface area contributed by atoms with Crippen molar-refractivity contribution in [1.82, 2.24) is 10.2 Å². The largest absolute Gasteiger partial charge is 0.490 e. The predicted molar refractivity (Wildman–Crippen MR) is 113 cm³/mol. The maximum atomic E-state index is 5.74. The zero-order valence-electron chi connectivity index (χ0n) is 15.1. The second-order valence-corrected chi connectivity index (χ2v) is 6.34. The molecule has 0 saturated carbocycles. The van der Waals surface area contributed by atoms with Gasteiger partial charge in [0, 0.05) is 38.3 Å². The number of halogens is 1. The van der Waals surface area contributed by atoms with Crippen molar-refractivity contribution in [2.75, 3.05) is 51.8 Å². The van der Waals surface area contributed by atoms with E-state index in [1.165, 1.54) is 19.5 Å². The van der Waals surface area contributed by atoms with Gasteiger partial charge in [0.05, 0.1) is 13.2 Å². The first-order valence-electron chi connectivity index (χ1n) is 8.88. The minimum atomic E-state index is 0. The van der Waals surface area contributed by atoms with Gasteiger partial charge in [0.25, 0.3) is 0 Å². The Morgan fingerprint density at radius 2 is 2.08 bits per heavy atom. The Bertz CT molecular complexity index is 582. The average molecular weight is 460 g/mol. The van der Waals surface area contributed by atoms with Crippen LogP contribution in [0, 0.1) is 5.92 Å². The molecule has 2 aliphatic rings. The van der Waals surface area contributed by atoms with Crippen LogP contribution in [0.25, 0.3) is 0 Å². The average Bonchev–Trinajstić information content (AvgIpc) is 2.95. The third-order valence-electron chi connectivity index (χ3n) is 4.61. The normalized spacial score (nSPS) is 20.6. The minimum Gasteiger partial charge on any atom is -0.490 e. The molecule has 6 nitrogen and oxygen atoms in total. The van der Waals surface area contributed by atoms with E-state index < -0.39 is 0 Å². The number of anilines is 1. The Hall–Kier alpha value is -1.22. The molecule has 0 radical (unpaired) electrons. The van der Waals surface area contributed by atoms with Crippen LogP contribution in [-0.4, -0.2) is 57.3 Å². The van der Waals surface area contributed by atoms with Crippen LogP contribution in [0.3, 0.4) is 0 Å². The summed E-state index contributed by atoms with van der Waals surface area (Å²) in [5, 5.41) is 6.78. The Morgan fingerprint density at radius 3 is 2.80 bits per heavy atom. The van der Waals surface area contributed by atoms with Crippen molar-refractivity contribution >= 4 is 35.6 Å². The minimum absolute atomic E-state index is 0. The molecule has 0 spiro atoms. The Labute approximate surface area is 167 Å². The van der Waals surface area contributed by atoms with Crippen molar-refractivity contribution < 1.29 is 9.47 Å². The number of ether oxygens (including phenoxy) is 2. The molecule has 0 aromatic heterocycles. The number of guanidine groups is 1. The topological polar surface area (TPSA) is 58.1 Å².